The largest absolute Gasteiger partial charge is 0.424 e. The Bertz CT molecular complexity index is 1580. The number of hydrogen-bond donors (Lipinski definition) is 1. The van der Waals surface area contributed by atoms with Gasteiger partial charge in [0.2, 0.25) is 11.8 Å². The Balaban J connectivity index is 1.48. The molecule has 1 amide bonds. The predicted octanol–water partition coefficient (Wildman–Crippen LogP) is 6.11. The number of piperidine rings is 1. The van der Waals surface area contributed by atoms with E-state index in [1.807, 2.05) is 13.0 Å². The zero-order valence-electron chi connectivity index (χ0n) is 21.4. The van der Waals surface area contributed by atoms with E-state index in [1.165, 1.54) is 22.9 Å². The van der Waals surface area contributed by atoms with Gasteiger partial charge >= 0.3 is 0 Å². The number of likely N-dealkylation sites (tertiary alicyclic amines) is 1. The fraction of sp³-hybridized carbons (Fsp3) is 0.286. The number of aromatic nitrogens is 3. The van der Waals surface area contributed by atoms with Crippen LogP contribution in [0.25, 0.3) is 0 Å². The lowest BCUT2D eigenvalue weighted by Gasteiger charge is -2.33. The summed E-state index contributed by atoms with van der Waals surface area (Å²) in [5.74, 6) is 0.255. The van der Waals surface area contributed by atoms with Crippen molar-refractivity contribution in [2.45, 2.75) is 39.2 Å². The first-order valence-corrected chi connectivity index (χ1v) is 13.2. The van der Waals surface area contributed by atoms with Crippen LogP contribution in [0.4, 0.5) is 15.8 Å². The minimum absolute atomic E-state index is 0.0389. The van der Waals surface area contributed by atoms with E-state index in [-0.39, 0.29) is 46.4 Å². The second-order valence-electron chi connectivity index (χ2n) is 9.58. The average Bonchev–Trinajstić information content (AvgIpc) is 3.34. The number of aryl methyl sites for hydroxylation is 2. The molecule has 1 N–H and O–H groups in total. The normalized spacial score (nSPS) is 14.0. The van der Waals surface area contributed by atoms with E-state index in [2.05, 4.69) is 15.5 Å². The first-order valence-electron chi connectivity index (χ1n) is 12.5. The van der Waals surface area contributed by atoms with Gasteiger partial charge in [-0.1, -0.05) is 41.4 Å². The lowest BCUT2D eigenvalue weighted by molar-refractivity contribution is 0.0713. The summed E-state index contributed by atoms with van der Waals surface area (Å²) in [6.45, 7) is 4.49. The van der Waals surface area contributed by atoms with Crippen molar-refractivity contribution < 1.29 is 13.6 Å². The number of nitrogens with zero attached hydrogens (tertiary/aromatic N) is 4. The number of anilines is 2. The second kappa shape index (κ2) is 11.2. The maximum Gasteiger partial charge on any atom is 0.271 e. The van der Waals surface area contributed by atoms with Crippen LogP contribution in [-0.4, -0.2) is 38.7 Å². The van der Waals surface area contributed by atoms with E-state index >= 15 is 0 Å². The molecule has 0 radical (unpaired) electrons. The fourth-order valence-electron chi connectivity index (χ4n) is 4.76. The van der Waals surface area contributed by atoms with Crippen LogP contribution in [0.3, 0.4) is 0 Å². The number of amides is 1. The lowest BCUT2D eigenvalue weighted by atomic mass is 9.89. The molecule has 1 fully saturated rings. The van der Waals surface area contributed by atoms with Crippen LogP contribution in [0.5, 0.6) is 0 Å². The monoisotopic (exact) mass is 569 g/mol. The summed E-state index contributed by atoms with van der Waals surface area (Å²) in [7, 11) is 0. The molecule has 1 aliphatic rings. The van der Waals surface area contributed by atoms with Crippen LogP contribution < -0.4 is 10.9 Å². The van der Waals surface area contributed by atoms with E-state index in [0.29, 0.717) is 29.7 Å². The molecule has 0 atom stereocenters. The Hall–Kier alpha value is -3.69. The molecule has 202 valence electrons. The maximum atomic E-state index is 13.9. The van der Waals surface area contributed by atoms with E-state index in [0.717, 1.165) is 24.0 Å². The summed E-state index contributed by atoms with van der Waals surface area (Å²) in [6, 6.07) is 11.8. The highest BCUT2D eigenvalue weighted by Crippen LogP contribution is 2.33. The first kappa shape index (κ1) is 26.9. The van der Waals surface area contributed by atoms with Gasteiger partial charge < -0.3 is 19.2 Å². The Kier molecular flexibility index (Phi) is 7.72. The third kappa shape index (κ3) is 5.84. The van der Waals surface area contributed by atoms with Crippen LogP contribution in [0.1, 0.15) is 52.0 Å². The van der Waals surface area contributed by atoms with Crippen molar-refractivity contribution in [2.75, 3.05) is 18.4 Å². The van der Waals surface area contributed by atoms with Gasteiger partial charge in [-0.05, 0) is 61.1 Å². The van der Waals surface area contributed by atoms with Crippen molar-refractivity contribution in [3.63, 3.8) is 0 Å². The molecule has 0 aliphatic carbocycles. The first-order chi connectivity index (χ1) is 18.7. The Morgan fingerprint density at radius 3 is 2.49 bits per heavy atom. The van der Waals surface area contributed by atoms with Crippen LogP contribution >= 0.6 is 23.2 Å². The number of carbonyl (C=O) groups is 1. The van der Waals surface area contributed by atoms with Gasteiger partial charge in [-0.25, -0.2) is 4.39 Å². The Morgan fingerprint density at radius 2 is 1.82 bits per heavy atom. The smallest absolute Gasteiger partial charge is 0.271 e. The van der Waals surface area contributed by atoms with Crippen LogP contribution in [0, 0.1) is 19.7 Å². The molecule has 2 aromatic heterocycles. The molecule has 2 aromatic carbocycles. The van der Waals surface area contributed by atoms with Crippen molar-refractivity contribution in [1.29, 1.82) is 0 Å². The molecule has 0 spiro atoms. The summed E-state index contributed by atoms with van der Waals surface area (Å²) >= 11 is 12.8. The molecule has 0 unspecified atom stereocenters. The van der Waals surface area contributed by atoms with Crippen molar-refractivity contribution >= 4 is 40.5 Å². The molecule has 11 heteroatoms. The molecule has 4 aromatic rings. The Labute approximate surface area is 234 Å². The minimum atomic E-state index is -0.513. The van der Waals surface area contributed by atoms with Gasteiger partial charge in [-0.15, -0.1) is 10.2 Å². The molecule has 1 saturated heterocycles. The molecule has 0 bridgehead atoms. The summed E-state index contributed by atoms with van der Waals surface area (Å²) in [6.07, 6.45) is 2.93. The molecular formula is C28H26Cl2FN5O3. The average molecular weight is 570 g/mol. The summed E-state index contributed by atoms with van der Waals surface area (Å²) in [4.78, 5) is 28.9. The maximum absolute atomic E-state index is 13.9. The summed E-state index contributed by atoms with van der Waals surface area (Å²) in [5.41, 5.74) is 2.46. The molecule has 39 heavy (non-hydrogen) atoms. The van der Waals surface area contributed by atoms with Gasteiger partial charge in [0.1, 0.15) is 17.4 Å². The number of halogens is 3. The van der Waals surface area contributed by atoms with E-state index in [9.17, 15) is 14.0 Å². The SMILES string of the molecule is Cc1nnc(Cn2cc(C(=O)N3CCC(c4ccc(F)cc4)CC3)c(Nc3cc(Cl)ccc3C)c(Cl)c2=O)o1. The third-order valence-corrected chi connectivity index (χ3v) is 7.49. The van der Waals surface area contributed by atoms with Crippen LogP contribution in [0.2, 0.25) is 10.0 Å². The molecular weight excluding hydrogens is 544 g/mol. The van der Waals surface area contributed by atoms with Gasteiger partial charge in [0.25, 0.3) is 11.5 Å². The standard InChI is InChI=1S/C28H26Cl2FN5O3/c1-16-3-6-20(29)13-23(16)32-26-22(14-36(28(38)25(26)30)15-24-34-33-17(2)39-24)27(37)35-11-9-19(10-12-35)18-4-7-21(31)8-5-18/h3-8,13-14,19,32H,9-12,15H2,1-2H3. The molecule has 0 saturated carbocycles. The predicted molar refractivity (Wildman–Crippen MR) is 148 cm³/mol. The van der Waals surface area contributed by atoms with Gasteiger partial charge in [-0.2, -0.15) is 0 Å². The van der Waals surface area contributed by atoms with Crippen LogP contribution in [0.15, 0.2) is 57.9 Å². The zero-order valence-corrected chi connectivity index (χ0v) is 22.9. The summed E-state index contributed by atoms with van der Waals surface area (Å²) in [5, 5.41) is 11.3. The zero-order chi connectivity index (χ0) is 27.7. The topological polar surface area (TPSA) is 93.3 Å². The van der Waals surface area contributed by atoms with Gasteiger partial charge in [0.15, 0.2) is 0 Å². The highest BCUT2D eigenvalue weighted by molar-refractivity contribution is 6.34. The van der Waals surface area contributed by atoms with Gasteiger partial charge in [-0.3, -0.25) is 9.59 Å². The lowest BCUT2D eigenvalue weighted by Crippen LogP contribution is -2.39. The van der Waals surface area contributed by atoms with Crippen molar-refractivity contribution in [3.8, 4) is 0 Å². The number of benzene rings is 2. The van der Waals surface area contributed by atoms with Crippen molar-refractivity contribution in [1.82, 2.24) is 19.7 Å². The fourth-order valence-corrected chi connectivity index (χ4v) is 5.19. The van der Waals surface area contributed by atoms with E-state index < -0.39 is 5.56 Å². The summed E-state index contributed by atoms with van der Waals surface area (Å²) < 4.78 is 20.1. The van der Waals surface area contributed by atoms with Crippen molar-refractivity contribution in [2.24, 2.45) is 0 Å². The molecule has 1 aliphatic heterocycles. The number of pyridine rings is 1. The van der Waals surface area contributed by atoms with Gasteiger partial charge in [0.05, 0.1) is 11.3 Å². The number of rotatable bonds is 6. The molecule has 8 nitrogen and oxygen atoms in total. The molecule has 5 rings (SSSR count). The number of carbonyl (C=O) groups excluding carboxylic acids is 1. The number of nitrogens with one attached hydrogen (secondary N) is 1. The van der Waals surface area contributed by atoms with E-state index in [1.54, 1.807) is 36.1 Å². The van der Waals surface area contributed by atoms with E-state index in [4.69, 9.17) is 27.6 Å². The quantitative estimate of drug-likeness (QED) is 0.301. The minimum Gasteiger partial charge on any atom is -0.424 e. The third-order valence-electron chi connectivity index (χ3n) is 6.91. The second-order valence-corrected chi connectivity index (χ2v) is 10.4. The Morgan fingerprint density at radius 1 is 1.10 bits per heavy atom. The van der Waals surface area contributed by atoms with Crippen LogP contribution in [-0.2, 0) is 6.54 Å². The highest BCUT2D eigenvalue weighted by Gasteiger charge is 2.29. The van der Waals surface area contributed by atoms with Gasteiger partial charge in [0, 0.05) is 36.9 Å². The molecule has 3 heterocycles. The highest BCUT2D eigenvalue weighted by atomic mass is 35.5. The number of hydrogen-bond acceptors (Lipinski definition) is 6. The van der Waals surface area contributed by atoms with Crippen molar-refractivity contribution in [3.05, 3.63) is 103 Å².